The van der Waals surface area contributed by atoms with E-state index in [9.17, 15) is 5.11 Å². The van der Waals surface area contributed by atoms with Gasteiger partial charge in [0.2, 0.25) is 12.5 Å². The number of aryl methyl sites for hydroxylation is 1. The first-order valence-corrected chi connectivity index (χ1v) is 9.20. The highest BCUT2D eigenvalue weighted by Crippen LogP contribution is 2.44. The van der Waals surface area contributed by atoms with Crippen molar-refractivity contribution in [2.24, 2.45) is 0 Å². The number of aliphatic hydroxyl groups excluding tert-OH is 1. The van der Waals surface area contributed by atoms with Gasteiger partial charge in [0, 0.05) is 12.2 Å². The second-order valence-electron chi connectivity index (χ2n) is 6.73. The molecule has 0 bridgehead atoms. The lowest BCUT2D eigenvalue weighted by Crippen LogP contribution is -2.08. The number of nitrogens with one attached hydrogen (secondary N) is 1. The standard InChI is InChI=1S/C23H23NO4/c1-15-7-3-6-10-19(15)24-13-16-8-4-5-9-18(16)22(25)17-11-20(26-2)23-21(12-17)27-14-28-23/h3-12,22,24-25H,13-14H2,1-2H3. The van der Waals surface area contributed by atoms with Crippen molar-refractivity contribution in [2.75, 3.05) is 19.2 Å². The van der Waals surface area contributed by atoms with Crippen LogP contribution in [0.25, 0.3) is 0 Å². The summed E-state index contributed by atoms with van der Waals surface area (Å²) in [5, 5.41) is 14.6. The van der Waals surface area contributed by atoms with Crippen molar-refractivity contribution in [3.05, 3.63) is 82.9 Å². The van der Waals surface area contributed by atoms with Crippen LogP contribution in [-0.2, 0) is 6.54 Å². The Kier molecular flexibility index (Phi) is 5.08. The van der Waals surface area contributed by atoms with E-state index in [2.05, 4.69) is 24.4 Å². The third kappa shape index (κ3) is 3.49. The molecule has 1 unspecified atom stereocenters. The fourth-order valence-corrected chi connectivity index (χ4v) is 3.41. The average Bonchev–Trinajstić information content (AvgIpc) is 3.21. The highest BCUT2D eigenvalue weighted by Gasteiger charge is 2.24. The molecular weight excluding hydrogens is 354 g/mol. The summed E-state index contributed by atoms with van der Waals surface area (Å²) < 4.78 is 16.3. The van der Waals surface area contributed by atoms with Gasteiger partial charge in [-0.15, -0.1) is 0 Å². The monoisotopic (exact) mass is 377 g/mol. The summed E-state index contributed by atoms with van der Waals surface area (Å²) >= 11 is 0. The molecule has 0 radical (unpaired) electrons. The maximum absolute atomic E-state index is 11.1. The van der Waals surface area contributed by atoms with Crippen LogP contribution in [0.1, 0.15) is 28.4 Å². The fourth-order valence-electron chi connectivity index (χ4n) is 3.41. The minimum atomic E-state index is -0.807. The molecule has 0 aromatic heterocycles. The Morgan fingerprint density at radius 1 is 1.07 bits per heavy atom. The Bertz CT molecular complexity index is 986. The first-order chi connectivity index (χ1) is 13.7. The van der Waals surface area contributed by atoms with Crippen LogP contribution < -0.4 is 19.5 Å². The maximum atomic E-state index is 11.1. The molecule has 5 heteroatoms. The van der Waals surface area contributed by atoms with E-state index >= 15 is 0 Å². The van der Waals surface area contributed by atoms with Crippen LogP contribution in [0, 0.1) is 6.92 Å². The number of para-hydroxylation sites is 1. The average molecular weight is 377 g/mol. The second kappa shape index (κ2) is 7.82. The predicted molar refractivity (Wildman–Crippen MR) is 108 cm³/mol. The van der Waals surface area contributed by atoms with Crippen LogP contribution in [0.4, 0.5) is 5.69 Å². The van der Waals surface area contributed by atoms with E-state index in [0.717, 1.165) is 16.8 Å². The number of fused-ring (bicyclic) bond motifs is 1. The number of methoxy groups -OCH3 is 1. The second-order valence-corrected chi connectivity index (χ2v) is 6.73. The number of anilines is 1. The lowest BCUT2D eigenvalue weighted by Gasteiger charge is -2.18. The van der Waals surface area contributed by atoms with E-state index in [1.165, 1.54) is 5.56 Å². The molecule has 0 fully saturated rings. The Hall–Kier alpha value is -3.18. The summed E-state index contributed by atoms with van der Waals surface area (Å²) in [6, 6.07) is 19.6. The van der Waals surface area contributed by atoms with Gasteiger partial charge in [-0.3, -0.25) is 0 Å². The number of ether oxygens (including phenoxy) is 3. The molecule has 0 aliphatic carbocycles. The van der Waals surface area contributed by atoms with E-state index in [0.29, 0.717) is 29.4 Å². The Balaban J connectivity index is 1.62. The quantitative estimate of drug-likeness (QED) is 0.666. The molecule has 0 saturated heterocycles. The molecule has 3 aromatic carbocycles. The maximum Gasteiger partial charge on any atom is 0.231 e. The summed E-state index contributed by atoms with van der Waals surface area (Å²) in [6.07, 6.45) is -0.807. The van der Waals surface area contributed by atoms with Gasteiger partial charge in [-0.05, 0) is 47.4 Å². The molecule has 1 aliphatic rings. The third-order valence-corrected chi connectivity index (χ3v) is 4.96. The van der Waals surface area contributed by atoms with Crippen molar-refractivity contribution in [1.82, 2.24) is 0 Å². The molecule has 5 nitrogen and oxygen atoms in total. The summed E-state index contributed by atoms with van der Waals surface area (Å²) in [4.78, 5) is 0. The molecule has 4 rings (SSSR count). The van der Waals surface area contributed by atoms with Gasteiger partial charge < -0.3 is 24.6 Å². The van der Waals surface area contributed by atoms with Gasteiger partial charge in [-0.1, -0.05) is 42.5 Å². The number of aliphatic hydroxyl groups is 1. The van der Waals surface area contributed by atoms with Gasteiger partial charge in [0.25, 0.3) is 0 Å². The molecule has 3 aromatic rings. The van der Waals surface area contributed by atoms with Gasteiger partial charge in [0.05, 0.1) is 7.11 Å². The van der Waals surface area contributed by atoms with Crippen molar-refractivity contribution in [2.45, 2.75) is 19.6 Å². The predicted octanol–water partition coefficient (Wildman–Crippen LogP) is 4.43. The van der Waals surface area contributed by atoms with Crippen molar-refractivity contribution in [3.8, 4) is 17.2 Å². The van der Waals surface area contributed by atoms with Crippen molar-refractivity contribution >= 4 is 5.69 Å². The summed E-state index contributed by atoms with van der Waals surface area (Å²) in [7, 11) is 1.58. The van der Waals surface area contributed by atoms with Gasteiger partial charge in [0.15, 0.2) is 11.5 Å². The normalized spacial score (nSPS) is 13.2. The van der Waals surface area contributed by atoms with E-state index in [1.807, 2.05) is 36.4 Å². The minimum Gasteiger partial charge on any atom is -0.493 e. The molecule has 144 valence electrons. The number of benzene rings is 3. The van der Waals surface area contributed by atoms with E-state index in [1.54, 1.807) is 19.2 Å². The molecule has 0 amide bonds. The van der Waals surface area contributed by atoms with E-state index in [4.69, 9.17) is 14.2 Å². The molecule has 0 saturated carbocycles. The lowest BCUT2D eigenvalue weighted by atomic mass is 9.96. The largest absolute Gasteiger partial charge is 0.493 e. The van der Waals surface area contributed by atoms with Crippen LogP contribution in [0.15, 0.2) is 60.7 Å². The summed E-state index contributed by atoms with van der Waals surface area (Å²) in [6.45, 7) is 2.84. The Labute approximate surface area is 164 Å². The van der Waals surface area contributed by atoms with Crippen LogP contribution in [0.2, 0.25) is 0 Å². The van der Waals surface area contributed by atoms with Crippen LogP contribution in [0.5, 0.6) is 17.2 Å². The smallest absolute Gasteiger partial charge is 0.231 e. The van der Waals surface area contributed by atoms with Gasteiger partial charge >= 0.3 is 0 Å². The molecule has 2 N–H and O–H groups in total. The molecule has 1 aliphatic heterocycles. The lowest BCUT2D eigenvalue weighted by molar-refractivity contribution is 0.171. The minimum absolute atomic E-state index is 0.155. The molecule has 1 atom stereocenters. The summed E-state index contributed by atoms with van der Waals surface area (Å²) in [5.74, 6) is 1.72. The van der Waals surface area contributed by atoms with Crippen LogP contribution >= 0.6 is 0 Å². The molecule has 28 heavy (non-hydrogen) atoms. The highest BCUT2D eigenvalue weighted by molar-refractivity contribution is 5.57. The van der Waals surface area contributed by atoms with Gasteiger partial charge in [-0.2, -0.15) is 0 Å². The zero-order valence-electron chi connectivity index (χ0n) is 15.9. The van der Waals surface area contributed by atoms with Crippen LogP contribution in [-0.4, -0.2) is 19.0 Å². The van der Waals surface area contributed by atoms with Crippen molar-refractivity contribution < 1.29 is 19.3 Å². The van der Waals surface area contributed by atoms with Crippen molar-refractivity contribution in [3.63, 3.8) is 0 Å². The first-order valence-electron chi connectivity index (χ1n) is 9.20. The van der Waals surface area contributed by atoms with Crippen molar-refractivity contribution in [1.29, 1.82) is 0 Å². The highest BCUT2D eigenvalue weighted by atomic mass is 16.7. The zero-order valence-corrected chi connectivity index (χ0v) is 15.9. The third-order valence-electron chi connectivity index (χ3n) is 4.96. The van der Waals surface area contributed by atoms with Crippen LogP contribution in [0.3, 0.4) is 0 Å². The summed E-state index contributed by atoms with van der Waals surface area (Å²) in [5.41, 5.74) is 4.82. The number of hydrogen-bond acceptors (Lipinski definition) is 5. The first kappa shape index (κ1) is 18.2. The van der Waals surface area contributed by atoms with E-state index in [-0.39, 0.29) is 6.79 Å². The topological polar surface area (TPSA) is 60.0 Å². The molecule has 1 heterocycles. The Morgan fingerprint density at radius 2 is 1.86 bits per heavy atom. The fraction of sp³-hybridized carbons (Fsp3) is 0.217. The van der Waals surface area contributed by atoms with E-state index < -0.39 is 6.10 Å². The number of hydrogen-bond donors (Lipinski definition) is 2. The SMILES string of the molecule is COc1cc(C(O)c2ccccc2CNc2ccccc2C)cc2c1OCO2. The van der Waals surface area contributed by atoms with Gasteiger partial charge in [-0.25, -0.2) is 0 Å². The molecule has 0 spiro atoms. The number of rotatable bonds is 6. The molecular formula is C23H23NO4. The Morgan fingerprint density at radius 3 is 2.68 bits per heavy atom. The zero-order chi connectivity index (χ0) is 19.5. The van der Waals surface area contributed by atoms with Gasteiger partial charge in [0.1, 0.15) is 6.10 Å².